The lowest BCUT2D eigenvalue weighted by Gasteiger charge is -2.09. The van der Waals surface area contributed by atoms with Gasteiger partial charge >= 0.3 is 0 Å². The average Bonchev–Trinajstić information content (AvgIpc) is 3.13. The Hall–Kier alpha value is -1.36. The molecule has 0 bridgehead atoms. The van der Waals surface area contributed by atoms with E-state index in [0.29, 0.717) is 12.4 Å². The van der Waals surface area contributed by atoms with Crippen LogP contribution in [0.1, 0.15) is 25.1 Å². The Morgan fingerprint density at radius 1 is 1.35 bits per heavy atom. The van der Waals surface area contributed by atoms with Crippen LogP contribution in [0.2, 0.25) is 0 Å². The fourth-order valence-electron chi connectivity index (χ4n) is 1.72. The topological polar surface area (TPSA) is 59.1 Å². The summed E-state index contributed by atoms with van der Waals surface area (Å²) in [6.07, 6.45) is 4.02. The Morgan fingerprint density at radius 3 is 2.76 bits per heavy atom. The van der Waals surface area contributed by atoms with E-state index in [1.165, 1.54) is 19.3 Å². The van der Waals surface area contributed by atoms with Crippen molar-refractivity contribution >= 4 is 11.6 Å². The minimum atomic E-state index is 0.437. The van der Waals surface area contributed by atoms with E-state index in [1.807, 2.05) is 13.1 Å². The van der Waals surface area contributed by atoms with Gasteiger partial charge < -0.3 is 15.4 Å². The standard InChI is InChI=1S/C12H20N4O/c1-13-10-7-11(14-6-5-9-3-4-9)16-12(15-10)8-17-2/h7,9H,3-6,8H2,1-2H3,(H2,13,14,15,16). The second-order valence-corrected chi connectivity index (χ2v) is 4.40. The lowest BCUT2D eigenvalue weighted by atomic mass is 10.3. The van der Waals surface area contributed by atoms with E-state index < -0.39 is 0 Å². The van der Waals surface area contributed by atoms with E-state index in [1.54, 1.807) is 7.11 Å². The van der Waals surface area contributed by atoms with Crippen LogP contribution in [0.15, 0.2) is 6.07 Å². The third-order valence-electron chi connectivity index (χ3n) is 2.86. The molecule has 0 aromatic carbocycles. The predicted molar refractivity (Wildman–Crippen MR) is 68.1 cm³/mol. The molecule has 0 spiro atoms. The molecule has 5 heteroatoms. The summed E-state index contributed by atoms with van der Waals surface area (Å²) >= 11 is 0. The van der Waals surface area contributed by atoms with Crippen molar-refractivity contribution in [3.05, 3.63) is 11.9 Å². The zero-order valence-corrected chi connectivity index (χ0v) is 10.5. The zero-order chi connectivity index (χ0) is 12.1. The minimum absolute atomic E-state index is 0.437. The smallest absolute Gasteiger partial charge is 0.158 e. The zero-order valence-electron chi connectivity index (χ0n) is 10.5. The van der Waals surface area contributed by atoms with Crippen LogP contribution in [-0.4, -0.2) is 30.7 Å². The van der Waals surface area contributed by atoms with E-state index in [-0.39, 0.29) is 0 Å². The van der Waals surface area contributed by atoms with Crippen LogP contribution >= 0.6 is 0 Å². The number of ether oxygens (including phenoxy) is 1. The molecule has 0 amide bonds. The van der Waals surface area contributed by atoms with Crippen molar-refractivity contribution in [1.29, 1.82) is 0 Å². The molecule has 1 aliphatic rings. The van der Waals surface area contributed by atoms with Crippen molar-refractivity contribution in [3.63, 3.8) is 0 Å². The summed E-state index contributed by atoms with van der Waals surface area (Å²) in [5, 5.41) is 6.37. The van der Waals surface area contributed by atoms with E-state index >= 15 is 0 Å². The highest BCUT2D eigenvalue weighted by Crippen LogP contribution is 2.32. The highest BCUT2D eigenvalue weighted by Gasteiger charge is 2.20. The van der Waals surface area contributed by atoms with Crippen LogP contribution in [0.25, 0.3) is 0 Å². The van der Waals surface area contributed by atoms with Gasteiger partial charge in [0, 0.05) is 26.8 Å². The summed E-state index contributed by atoms with van der Waals surface area (Å²) in [7, 11) is 3.50. The van der Waals surface area contributed by atoms with Gasteiger partial charge in [0.15, 0.2) is 5.82 Å². The summed E-state index contributed by atoms with van der Waals surface area (Å²) < 4.78 is 5.05. The number of aromatic nitrogens is 2. The van der Waals surface area contributed by atoms with Gasteiger partial charge in [-0.25, -0.2) is 9.97 Å². The lowest BCUT2D eigenvalue weighted by molar-refractivity contribution is 0.178. The molecule has 1 fully saturated rings. The van der Waals surface area contributed by atoms with E-state index in [2.05, 4.69) is 20.6 Å². The third-order valence-corrected chi connectivity index (χ3v) is 2.86. The van der Waals surface area contributed by atoms with E-state index in [4.69, 9.17) is 4.74 Å². The molecular formula is C12H20N4O. The first kappa shape index (κ1) is 12.1. The van der Waals surface area contributed by atoms with Crippen LogP contribution in [0.5, 0.6) is 0 Å². The molecular weight excluding hydrogens is 216 g/mol. The highest BCUT2D eigenvalue weighted by molar-refractivity contribution is 5.47. The molecule has 0 aliphatic heterocycles. The molecule has 1 heterocycles. The molecule has 0 unspecified atom stereocenters. The number of hydrogen-bond acceptors (Lipinski definition) is 5. The van der Waals surface area contributed by atoms with Gasteiger partial charge in [-0.1, -0.05) is 12.8 Å². The van der Waals surface area contributed by atoms with Crippen molar-refractivity contribution in [2.24, 2.45) is 5.92 Å². The molecule has 17 heavy (non-hydrogen) atoms. The first-order valence-electron chi connectivity index (χ1n) is 6.10. The van der Waals surface area contributed by atoms with Crippen LogP contribution in [0.4, 0.5) is 11.6 Å². The lowest BCUT2D eigenvalue weighted by Crippen LogP contribution is -2.08. The Balaban J connectivity index is 1.94. The van der Waals surface area contributed by atoms with Crippen LogP contribution in [-0.2, 0) is 11.3 Å². The normalized spacial score (nSPS) is 14.7. The van der Waals surface area contributed by atoms with Gasteiger partial charge in [-0.3, -0.25) is 0 Å². The van der Waals surface area contributed by atoms with Gasteiger partial charge in [0.05, 0.1) is 0 Å². The molecule has 1 aromatic rings. The summed E-state index contributed by atoms with van der Waals surface area (Å²) in [5.41, 5.74) is 0. The van der Waals surface area contributed by atoms with Gasteiger partial charge in [-0.2, -0.15) is 0 Å². The molecule has 2 rings (SSSR count). The fraction of sp³-hybridized carbons (Fsp3) is 0.667. The Morgan fingerprint density at radius 2 is 2.12 bits per heavy atom. The monoisotopic (exact) mass is 236 g/mol. The van der Waals surface area contributed by atoms with E-state index in [9.17, 15) is 0 Å². The van der Waals surface area contributed by atoms with Crippen molar-refractivity contribution in [1.82, 2.24) is 9.97 Å². The second-order valence-electron chi connectivity index (χ2n) is 4.40. The molecule has 1 aliphatic carbocycles. The fourth-order valence-corrected chi connectivity index (χ4v) is 1.72. The van der Waals surface area contributed by atoms with Crippen molar-refractivity contribution in [3.8, 4) is 0 Å². The number of anilines is 2. The molecule has 1 aromatic heterocycles. The summed E-state index contributed by atoms with van der Waals surface area (Å²) in [4.78, 5) is 8.71. The number of nitrogens with one attached hydrogen (secondary N) is 2. The largest absolute Gasteiger partial charge is 0.377 e. The highest BCUT2D eigenvalue weighted by atomic mass is 16.5. The predicted octanol–water partition coefficient (Wildman–Crippen LogP) is 1.88. The number of methoxy groups -OCH3 is 1. The van der Waals surface area contributed by atoms with E-state index in [0.717, 1.165) is 24.1 Å². The molecule has 0 saturated heterocycles. The van der Waals surface area contributed by atoms with Gasteiger partial charge in [0.25, 0.3) is 0 Å². The minimum Gasteiger partial charge on any atom is -0.377 e. The molecule has 0 atom stereocenters. The maximum atomic E-state index is 5.05. The molecule has 2 N–H and O–H groups in total. The Labute approximate surface area is 102 Å². The third kappa shape index (κ3) is 3.85. The maximum absolute atomic E-state index is 5.05. The van der Waals surface area contributed by atoms with Gasteiger partial charge in [0.2, 0.25) is 0 Å². The van der Waals surface area contributed by atoms with Crippen molar-refractivity contribution < 1.29 is 4.74 Å². The number of nitrogens with zero attached hydrogens (tertiary/aromatic N) is 2. The van der Waals surface area contributed by atoms with Gasteiger partial charge in [-0.15, -0.1) is 0 Å². The first-order valence-corrected chi connectivity index (χ1v) is 6.10. The van der Waals surface area contributed by atoms with Crippen molar-refractivity contribution in [2.45, 2.75) is 25.9 Å². The quantitative estimate of drug-likeness (QED) is 0.757. The second kappa shape index (κ2) is 5.82. The van der Waals surface area contributed by atoms with Crippen molar-refractivity contribution in [2.75, 3.05) is 31.3 Å². The SMILES string of the molecule is CNc1cc(NCCC2CC2)nc(COC)n1. The summed E-state index contributed by atoms with van der Waals surface area (Å²) in [6, 6.07) is 1.92. The van der Waals surface area contributed by atoms with Crippen LogP contribution in [0, 0.1) is 5.92 Å². The summed E-state index contributed by atoms with van der Waals surface area (Å²) in [5.74, 6) is 3.33. The van der Waals surface area contributed by atoms with Crippen LogP contribution < -0.4 is 10.6 Å². The molecule has 1 saturated carbocycles. The van der Waals surface area contributed by atoms with Gasteiger partial charge in [-0.05, 0) is 12.3 Å². The van der Waals surface area contributed by atoms with Gasteiger partial charge in [0.1, 0.15) is 18.2 Å². The molecule has 94 valence electrons. The first-order chi connectivity index (χ1) is 8.31. The Kier molecular flexibility index (Phi) is 4.14. The molecule has 5 nitrogen and oxygen atoms in total. The molecule has 0 radical (unpaired) electrons. The summed E-state index contributed by atoms with van der Waals surface area (Å²) in [6.45, 7) is 1.42. The number of rotatable bonds is 7. The Bertz CT molecular complexity index is 366. The number of hydrogen-bond donors (Lipinski definition) is 2. The van der Waals surface area contributed by atoms with Crippen LogP contribution in [0.3, 0.4) is 0 Å². The average molecular weight is 236 g/mol. The maximum Gasteiger partial charge on any atom is 0.158 e.